The van der Waals surface area contributed by atoms with Gasteiger partial charge in [-0.3, -0.25) is 4.79 Å². The van der Waals surface area contributed by atoms with Crippen molar-refractivity contribution in [2.24, 2.45) is 0 Å². The third-order valence-electron chi connectivity index (χ3n) is 3.83. The zero-order valence-corrected chi connectivity index (χ0v) is 15.7. The number of ether oxygens (including phenoxy) is 2. The van der Waals surface area contributed by atoms with Crippen LogP contribution in [0.3, 0.4) is 0 Å². The monoisotopic (exact) mass is 379 g/mol. The van der Waals surface area contributed by atoms with Crippen molar-refractivity contribution in [1.82, 2.24) is 9.78 Å². The van der Waals surface area contributed by atoms with Crippen LogP contribution in [0.5, 0.6) is 5.75 Å². The van der Waals surface area contributed by atoms with E-state index in [2.05, 4.69) is 10.4 Å². The molecule has 2 aromatic carbocycles. The Hall–Kier alpha value is -3.61. The smallest absolute Gasteiger partial charge is 0.347 e. The maximum Gasteiger partial charge on any atom is 0.347 e. The summed E-state index contributed by atoms with van der Waals surface area (Å²) in [6.45, 7) is 2.99. The summed E-state index contributed by atoms with van der Waals surface area (Å²) in [5.74, 6) is -0.0268. The zero-order chi connectivity index (χ0) is 19.9. The summed E-state index contributed by atoms with van der Waals surface area (Å²) in [4.78, 5) is 24.3. The topological polar surface area (TPSA) is 82.5 Å². The van der Waals surface area contributed by atoms with E-state index in [0.29, 0.717) is 11.6 Å². The minimum absolute atomic E-state index is 0.416. The quantitative estimate of drug-likeness (QED) is 0.638. The standard InChI is InChI=1S/C21H21N3O4/c1-15-13-19(24(23-15)17-9-5-3-6-10-17)22-20(25)14-27-21(26)16(2)28-18-11-7-4-8-12-18/h3-13,16H,14H2,1-2H3,(H,22,25)/t16-/m1/s1. The molecule has 0 fully saturated rings. The van der Waals surface area contributed by atoms with E-state index in [1.807, 2.05) is 43.3 Å². The highest BCUT2D eigenvalue weighted by Gasteiger charge is 2.18. The van der Waals surface area contributed by atoms with Crippen molar-refractivity contribution < 1.29 is 19.1 Å². The van der Waals surface area contributed by atoms with Crippen molar-refractivity contribution in [2.75, 3.05) is 11.9 Å². The third kappa shape index (κ3) is 4.97. The Balaban J connectivity index is 1.55. The number of aromatic nitrogens is 2. The van der Waals surface area contributed by atoms with Gasteiger partial charge in [0.25, 0.3) is 5.91 Å². The first-order valence-electron chi connectivity index (χ1n) is 8.83. The molecule has 0 aliphatic carbocycles. The SMILES string of the molecule is Cc1cc(NC(=O)COC(=O)[C@@H](C)Oc2ccccc2)n(-c2ccccc2)n1. The first kappa shape index (κ1) is 19.2. The molecule has 1 aromatic heterocycles. The Kier molecular flexibility index (Phi) is 6.06. The molecule has 1 atom stereocenters. The second-order valence-electron chi connectivity index (χ2n) is 6.15. The molecule has 7 heteroatoms. The van der Waals surface area contributed by atoms with Gasteiger partial charge < -0.3 is 14.8 Å². The molecule has 144 valence electrons. The number of carbonyl (C=O) groups is 2. The van der Waals surface area contributed by atoms with E-state index in [-0.39, 0.29) is 0 Å². The number of esters is 1. The maximum absolute atomic E-state index is 12.2. The van der Waals surface area contributed by atoms with Crippen molar-refractivity contribution in [3.63, 3.8) is 0 Å². The molecule has 0 aliphatic rings. The molecule has 1 heterocycles. The van der Waals surface area contributed by atoms with Crippen LogP contribution >= 0.6 is 0 Å². The Morgan fingerprint density at radius 3 is 2.39 bits per heavy atom. The largest absolute Gasteiger partial charge is 0.479 e. The normalized spacial score (nSPS) is 11.5. The fourth-order valence-electron chi connectivity index (χ4n) is 2.54. The summed E-state index contributed by atoms with van der Waals surface area (Å²) in [6.07, 6.45) is -0.827. The lowest BCUT2D eigenvalue weighted by molar-refractivity contribution is -0.153. The van der Waals surface area contributed by atoms with E-state index < -0.39 is 24.6 Å². The molecule has 0 radical (unpaired) electrons. The summed E-state index contributed by atoms with van der Waals surface area (Å²) < 4.78 is 12.2. The number of aryl methyl sites for hydroxylation is 1. The van der Waals surface area contributed by atoms with Crippen molar-refractivity contribution in [3.05, 3.63) is 72.4 Å². The number of hydrogen-bond acceptors (Lipinski definition) is 5. The average Bonchev–Trinajstić information content (AvgIpc) is 3.07. The summed E-state index contributed by atoms with van der Waals surface area (Å²) in [6, 6.07) is 20.1. The van der Waals surface area contributed by atoms with E-state index in [9.17, 15) is 9.59 Å². The van der Waals surface area contributed by atoms with Crippen LogP contribution in [0.2, 0.25) is 0 Å². The third-order valence-corrected chi connectivity index (χ3v) is 3.83. The summed E-state index contributed by atoms with van der Waals surface area (Å²) in [7, 11) is 0. The molecule has 0 spiro atoms. The molecule has 1 N–H and O–H groups in total. The number of amides is 1. The molecular weight excluding hydrogens is 358 g/mol. The van der Waals surface area contributed by atoms with Gasteiger partial charge in [-0.15, -0.1) is 0 Å². The molecule has 3 aromatic rings. The lowest BCUT2D eigenvalue weighted by Crippen LogP contribution is -2.30. The van der Waals surface area contributed by atoms with Gasteiger partial charge in [0.05, 0.1) is 11.4 Å². The number of carbonyl (C=O) groups excluding carboxylic acids is 2. The average molecular weight is 379 g/mol. The number of benzene rings is 2. The zero-order valence-electron chi connectivity index (χ0n) is 15.7. The van der Waals surface area contributed by atoms with Gasteiger partial charge in [0, 0.05) is 6.07 Å². The molecule has 0 bridgehead atoms. The highest BCUT2D eigenvalue weighted by molar-refractivity contribution is 5.92. The molecule has 3 rings (SSSR count). The molecule has 0 aliphatic heterocycles. The van der Waals surface area contributed by atoms with Crippen LogP contribution in [-0.2, 0) is 14.3 Å². The van der Waals surface area contributed by atoms with Gasteiger partial charge in [-0.1, -0.05) is 36.4 Å². The second kappa shape index (κ2) is 8.85. The lowest BCUT2D eigenvalue weighted by Gasteiger charge is -2.14. The van der Waals surface area contributed by atoms with Crippen LogP contribution in [0.25, 0.3) is 5.69 Å². The summed E-state index contributed by atoms with van der Waals surface area (Å²) >= 11 is 0. The Morgan fingerprint density at radius 1 is 1.07 bits per heavy atom. The molecule has 0 saturated heterocycles. The number of nitrogens with one attached hydrogen (secondary N) is 1. The van der Waals surface area contributed by atoms with Gasteiger partial charge in [-0.2, -0.15) is 5.10 Å². The minimum Gasteiger partial charge on any atom is -0.479 e. The fourth-order valence-corrected chi connectivity index (χ4v) is 2.54. The van der Waals surface area contributed by atoms with Gasteiger partial charge in [-0.05, 0) is 38.1 Å². The highest BCUT2D eigenvalue weighted by Crippen LogP contribution is 2.17. The second-order valence-corrected chi connectivity index (χ2v) is 6.15. The molecule has 1 amide bonds. The predicted octanol–water partition coefficient (Wildman–Crippen LogP) is 3.13. The summed E-state index contributed by atoms with van der Waals surface area (Å²) in [5.41, 5.74) is 1.56. The van der Waals surface area contributed by atoms with E-state index in [1.54, 1.807) is 41.9 Å². The minimum atomic E-state index is -0.827. The van der Waals surface area contributed by atoms with E-state index in [4.69, 9.17) is 9.47 Å². The van der Waals surface area contributed by atoms with Gasteiger partial charge >= 0.3 is 5.97 Å². The van der Waals surface area contributed by atoms with Gasteiger partial charge in [-0.25, -0.2) is 9.48 Å². The number of anilines is 1. The Labute approximate surface area is 162 Å². The van der Waals surface area contributed by atoms with Crippen LogP contribution in [0.4, 0.5) is 5.82 Å². The molecule has 0 saturated carbocycles. The van der Waals surface area contributed by atoms with E-state index in [0.717, 1.165) is 11.4 Å². The molecule has 0 unspecified atom stereocenters. The van der Waals surface area contributed by atoms with Crippen molar-refractivity contribution in [1.29, 1.82) is 0 Å². The van der Waals surface area contributed by atoms with Crippen LogP contribution in [0.15, 0.2) is 66.7 Å². The van der Waals surface area contributed by atoms with Crippen LogP contribution < -0.4 is 10.1 Å². The molecular formula is C21H21N3O4. The number of para-hydroxylation sites is 2. The fraction of sp³-hybridized carbons (Fsp3) is 0.190. The van der Waals surface area contributed by atoms with Crippen molar-refractivity contribution in [3.8, 4) is 11.4 Å². The van der Waals surface area contributed by atoms with Crippen LogP contribution in [0, 0.1) is 6.92 Å². The number of nitrogens with zero attached hydrogens (tertiary/aromatic N) is 2. The Morgan fingerprint density at radius 2 is 1.71 bits per heavy atom. The van der Waals surface area contributed by atoms with E-state index >= 15 is 0 Å². The van der Waals surface area contributed by atoms with E-state index in [1.165, 1.54) is 0 Å². The van der Waals surface area contributed by atoms with Gasteiger partial charge in [0.15, 0.2) is 12.7 Å². The highest BCUT2D eigenvalue weighted by atomic mass is 16.6. The van der Waals surface area contributed by atoms with Gasteiger partial charge in [0.1, 0.15) is 11.6 Å². The number of hydrogen-bond donors (Lipinski definition) is 1. The summed E-state index contributed by atoms with van der Waals surface area (Å²) in [5, 5.41) is 7.10. The molecule has 7 nitrogen and oxygen atoms in total. The molecule has 28 heavy (non-hydrogen) atoms. The predicted molar refractivity (Wildman–Crippen MR) is 104 cm³/mol. The first-order chi connectivity index (χ1) is 13.5. The van der Waals surface area contributed by atoms with Crippen LogP contribution in [0.1, 0.15) is 12.6 Å². The maximum atomic E-state index is 12.2. The van der Waals surface area contributed by atoms with Gasteiger partial charge in [0.2, 0.25) is 0 Å². The van der Waals surface area contributed by atoms with Crippen LogP contribution in [-0.4, -0.2) is 34.4 Å². The first-order valence-corrected chi connectivity index (χ1v) is 8.83. The van der Waals surface area contributed by atoms with Crippen molar-refractivity contribution in [2.45, 2.75) is 20.0 Å². The lowest BCUT2D eigenvalue weighted by atomic mass is 10.3. The Bertz CT molecular complexity index is 939. The van der Waals surface area contributed by atoms with Crippen molar-refractivity contribution >= 4 is 17.7 Å². The number of rotatable bonds is 7.